The number of nitrogens with one attached hydrogen (secondary N) is 1. The number of carbonyl (C=O) groups is 2. The number of hydrogen-bond acceptors (Lipinski definition) is 2. The third-order valence-corrected chi connectivity index (χ3v) is 2.94. The maximum Gasteiger partial charge on any atom is 0.392 e. The van der Waals surface area contributed by atoms with E-state index in [1.54, 1.807) is 0 Å². The summed E-state index contributed by atoms with van der Waals surface area (Å²) in [5.41, 5.74) is 0. The number of carboxylic acids is 1. The summed E-state index contributed by atoms with van der Waals surface area (Å²) in [6.07, 6.45) is -3.28. The lowest BCUT2D eigenvalue weighted by molar-refractivity contribution is -0.198. The Morgan fingerprint density at radius 2 is 1.82 bits per heavy atom. The Morgan fingerprint density at radius 1 is 1.24 bits per heavy atom. The molecule has 2 N–H and O–H groups in total. The van der Waals surface area contributed by atoms with Gasteiger partial charge in [0.25, 0.3) is 0 Å². The van der Waals surface area contributed by atoms with E-state index in [0.29, 0.717) is 12.8 Å². The zero-order valence-electron chi connectivity index (χ0n) is 9.09. The van der Waals surface area contributed by atoms with Crippen molar-refractivity contribution < 1.29 is 27.9 Å². The molecule has 1 aliphatic rings. The molecule has 1 fully saturated rings. The molecule has 1 aliphatic carbocycles. The lowest BCUT2D eigenvalue weighted by Crippen LogP contribution is -2.43. The molecule has 1 amide bonds. The Balaban J connectivity index is 2.64. The van der Waals surface area contributed by atoms with Crippen LogP contribution in [0.5, 0.6) is 0 Å². The third kappa shape index (κ3) is 3.90. The second-order valence-electron chi connectivity index (χ2n) is 4.15. The van der Waals surface area contributed by atoms with Gasteiger partial charge in [0.2, 0.25) is 5.91 Å². The summed E-state index contributed by atoms with van der Waals surface area (Å²) in [7, 11) is 0. The number of alkyl halides is 3. The van der Waals surface area contributed by atoms with Crippen molar-refractivity contribution >= 4 is 11.9 Å². The molecule has 17 heavy (non-hydrogen) atoms. The first kappa shape index (κ1) is 13.8. The molecule has 2 atom stereocenters. The van der Waals surface area contributed by atoms with Crippen molar-refractivity contribution in [2.75, 3.05) is 6.54 Å². The van der Waals surface area contributed by atoms with Crippen LogP contribution in [0.2, 0.25) is 0 Å². The van der Waals surface area contributed by atoms with Crippen LogP contribution in [0.1, 0.15) is 25.7 Å². The first-order valence-electron chi connectivity index (χ1n) is 5.38. The van der Waals surface area contributed by atoms with Crippen LogP contribution in [-0.4, -0.2) is 29.7 Å². The van der Waals surface area contributed by atoms with E-state index in [1.807, 2.05) is 5.32 Å². The average Bonchev–Trinajstić information content (AvgIpc) is 2.24. The molecule has 0 spiro atoms. The van der Waals surface area contributed by atoms with E-state index < -0.39 is 36.4 Å². The Kier molecular flexibility index (Phi) is 4.36. The van der Waals surface area contributed by atoms with Gasteiger partial charge in [-0.15, -0.1) is 0 Å². The first-order chi connectivity index (χ1) is 7.82. The lowest BCUT2D eigenvalue weighted by atomic mass is 9.78. The van der Waals surface area contributed by atoms with Crippen LogP contribution in [0.25, 0.3) is 0 Å². The fourth-order valence-electron chi connectivity index (χ4n) is 2.13. The van der Waals surface area contributed by atoms with E-state index in [9.17, 15) is 22.8 Å². The molecule has 0 aromatic carbocycles. The van der Waals surface area contributed by atoms with Gasteiger partial charge in [-0.1, -0.05) is 12.8 Å². The van der Waals surface area contributed by atoms with Gasteiger partial charge in [-0.3, -0.25) is 9.59 Å². The predicted octanol–water partition coefficient (Wildman–Crippen LogP) is 1.56. The molecule has 0 radical (unpaired) electrons. The highest BCUT2D eigenvalue weighted by atomic mass is 19.4. The second-order valence-corrected chi connectivity index (χ2v) is 4.15. The molecule has 1 saturated carbocycles. The highest BCUT2D eigenvalue weighted by Crippen LogP contribution is 2.41. The van der Waals surface area contributed by atoms with Crippen LogP contribution in [-0.2, 0) is 9.59 Å². The number of amides is 1. The number of halogens is 3. The topological polar surface area (TPSA) is 66.4 Å². The van der Waals surface area contributed by atoms with Gasteiger partial charge in [-0.25, -0.2) is 0 Å². The fourth-order valence-corrected chi connectivity index (χ4v) is 2.13. The maximum atomic E-state index is 12.7. The van der Waals surface area contributed by atoms with Crippen LogP contribution >= 0.6 is 0 Å². The fraction of sp³-hybridized carbons (Fsp3) is 0.800. The normalized spacial score (nSPS) is 25.4. The summed E-state index contributed by atoms with van der Waals surface area (Å²) in [6.45, 7) is -0.639. The predicted molar refractivity (Wildman–Crippen MR) is 52.1 cm³/mol. The van der Waals surface area contributed by atoms with Crippen LogP contribution < -0.4 is 5.32 Å². The van der Waals surface area contributed by atoms with Crippen molar-refractivity contribution in [1.29, 1.82) is 0 Å². The molecule has 0 aliphatic heterocycles. The molecular weight excluding hydrogens is 239 g/mol. The van der Waals surface area contributed by atoms with E-state index in [0.717, 1.165) is 0 Å². The van der Waals surface area contributed by atoms with Gasteiger partial charge in [0, 0.05) is 5.92 Å². The minimum atomic E-state index is -4.40. The van der Waals surface area contributed by atoms with E-state index in [-0.39, 0.29) is 12.8 Å². The van der Waals surface area contributed by atoms with Crippen molar-refractivity contribution in [3.63, 3.8) is 0 Å². The van der Waals surface area contributed by atoms with Crippen molar-refractivity contribution in [3.05, 3.63) is 0 Å². The summed E-state index contributed by atoms with van der Waals surface area (Å²) < 4.78 is 38.0. The molecular formula is C10H14F3NO3. The highest BCUT2D eigenvalue weighted by Gasteiger charge is 2.47. The SMILES string of the molecule is O=C(O)CNC(=O)[C@@H]1CCCC[C@@H]1C(F)(F)F. The first-order valence-corrected chi connectivity index (χ1v) is 5.38. The van der Waals surface area contributed by atoms with E-state index in [2.05, 4.69) is 0 Å². The van der Waals surface area contributed by atoms with Crippen LogP contribution in [0.15, 0.2) is 0 Å². The Labute approximate surface area is 96.2 Å². The van der Waals surface area contributed by atoms with Crippen molar-refractivity contribution in [2.24, 2.45) is 11.8 Å². The zero-order chi connectivity index (χ0) is 13.1. The summed E-state index contributed by atoms with van der Waals surface area (Å²) in [5, 5.41) is 10.4. The van der Waals surface area contributed by atoms with Crippen molar-refractivity contribution in [1.82, 2.24) is 5.32 Å². The van der Waals surface area contributed by atoms with E-state index in [4.69, 9.17) is 5.11 Å². The molecule has 0 heterocycles. The quantitative estimate of drug-likeness (QED) is 0.802. The van der Waals surface area contributed by atoms with Crippen molar-refractivity contribution in [2.45, 2.75) is 31.9 Å². The summed E-state index contributed by atoms with van der Waals surface area (Å²) in [4.78, 5) is 21.7. The van der Waals surface area contributed by atoms with Gasteiger partial charge < -0.3 is 10.4 Å². The number of carbonyl (C=O) groups excluding carboxylic acids is 1. The molecule has 0 aromatic heterocycles. The monoisotopic (exact) mass is 253 g/mol. The summed E-state index contributed by atoms with van der Waals surface area (Å²) >= 11 is 0. The average molecular weight is 253 g/mol. The van der Waals surface area contributed by atoms with Gasteiger partial charge in [0.1, 0.15) is 6.54 Å². The Morgan fingerprint density at radius 3 is 2.35 bits per heavy atom. The zero-order valence-corrected chi connectivity index (χ0v) is 9.09. The minimum absolute atomic E-state index is 0.0609. The smallest absolute Gasteiger partial charge is 0.392 e. The molecule has 1 rings (SSSR count). The lowest BCUT2D eigenvalue weighted by Gasteiger charge is -2.31. The number of aliphatic carboxylic acids is 1. The summed E-state index contributed by atoms with van der Waals surface area (Å²) in [6, 6.07) is 0. The van der Waals surface area contributed by atoms with E-state index >= 15 is 0 Å². The molecule has 4 nitrogen and oxygen atoms in total. The van der Waals surface area contributed by atoms with Gasteiger partial charge in [0.15, 0.2) is 0 Å². The molecule has 0 bridgehead atoms. The largest absolute Gasteiger partial charge is 0.480 e. The van der Waals surface area contributed by atoms with Gasteiger partial charge in [-0.05, 0) is 12.8 Å². The second kappa shape index (κ2) is 5.37. The van der Waals surface area contributed by atoms with Gasteiger partial charge in [0.05, 0.1) is 5.92 Å². The maximum absolute atomic E-state index is 12.7. The highest BCUT2D eigenvalue weighted by molar-refractivity contribution is 5.83. The summed E-state index contributed by atoms with van der Waals surface area (Å²) in [5.74, 6) is -4.87. The van der Waals surface area contributed by atoms with Crippen molar-refractivity contribution in [3.8, 4) is 0 Å². The van der Waals surface area contributed by atoms with E-state index in [1.165, 1.54) is 0 Å². The Bertz CT molecular complexity index is 304. The molecule has 0 aromatic rings. The molecule has 7 heteroatoms. The van der Waals surface area contributed by atoms with Crippen LogP contribution in [0, 0.1) is 11.8 Å². The standard InChI is InChI=1S/C10H14F3NO3/c11-10(12,13)7-4-2-1-3-6(7)9(17)14-5-8(15)16/h6-7H,1-5H2,(H,14,17)(H,15,16)/t6-,7+/m1/s1. The van der Waals surface area contributed by atoms with Crippen LogP contribution in [0.3, 0.4) is 0 Å². The van der Waals surface area contributed by atoms with Crippen LogP contribution in [0.4, 0.5) is 13.2 Å². The van der Waals surface area contributed by atoms with Gasteiger partial charge in [-0.2, -0.15) is 13.2 Å². The minimum Gasteiger partial charge on any atom is -0.480 e. The molecule has 0 unspecified atom stereocenters. The van der Waals surface area contributed by atoms with Gasteiger partial charge >= 0.3 is 12.1 Å². The molecule has 98 valence electrons. The number of rotatable bonds is 3. The third-order valence-electron chi connectivity index (χ3n) is 2.94. The Hall–Kier alpha value is -1.27. The number of carboxylic acid groups (broad SMARTS) is 1. The molecule has 0 saturated heterocycles. The number of hydrogen-bond donors (Lipinski definition) is 2.